The van der Waals surface area contributed by atoms with E-state index in [0.717, 1.165) is 16.9 Å². The molecule has 4 heteroatoms. The summed E-state index contributed by atoms with van der Waals surface area (Å²) in [6.07, 6.45) is 0. The van der Waals surface area contributed by atoms with Gasteiger partial charge in [0.05, 0.1) is 5.41 Å². The number of fused-ring (bicyclic) bond motifs is 1. The molecule has 1 aliphatic heterocycles. The lowest BCUT2D eigenvalue weighted by Gasteiger charge is -2.19. The molecule has 2 aromatic rings. The molecule has 0 fully saturated rings. The van der Waals surface area contributed by atoms with Crippen molar-refractivity contribution in [3.05, 3.63) is 59.7 Å². The van der Waals surface area contributed by atoms with Crippen molar-refractivity contribution in [3.63, 3.8) is 0 Å². The van der Waals surface area contributed by atoms with Crippen LogP contribution in [0.2, 0.25) is 0 Å². The van der Waals surface area contributed by atoms with Crippen LogP contribution in [0.5, 0.6) is 0 Å². The SMILES string of the molecule is CN(C(=O)c1ccc2c(c1)C(C)(C)C(=O)N2C)c1ccccc1. The third-order valence-corrected chi connectivity index (χ3v) is 4.57. The average molecular weight is 308 g/mol. The van der Waals surface area contributed by atoms with Crippen LogP contribution in [0, 0.1) is 0 Å². The monoisotopic (exact) mass is 308 g/mol. The Morgan fingerprint density at radius 2 is 1.74 bits per heavy atom. The quantitative estimate of drug-likeness (QED) is 0.854. The number of anilines is 2. The van der Waals surface area contributed by atoms with E-state index in [2.05, 4.69) is 0 Å². The summed E-state index contributed by atoms with van der Waals surface area (Å²) in [6, 6.07) is 15.0. The maximum atomic E-state index is 12.7. The summed E-state index contributed by atoms with van der Waals surface area (Å²) in [5.41, 5.74) is 2.60. The predicted molar refractivity (Wildman–Crippen MR) is 92.1 cm³/mol. The van der Waals surface area contributed by atoms with Crippen molar-refractivity contribution in [1.82, 2.24) is 0 Å². The number of benzene rings is 2. The molecule has 0 saturated carbocycles. The van der Waals surface area contributed by atoms with Crippen LogP contribution in [0.1, 0.15) is 29.8 Å². The van der Waals surface area contributed by atoms with Gasteiger partial charge in [-0.2, -0.15) is 0 Å². The molecule has 0 atom stereocenters. The second kappa shape index (κ2) is 5.23. The maximum Gasteiger partial charge on any atom is 0.258 e. The lowest BCUT2D eigenvalue weighted by molar-refractivity contribution is -0.121. The fourth-order valence-corrected chi connectivity index (χ4v) is 3.07. The minimum Gasteiger partial charge on any atom is -0.314 e. The standard InChI is InChI=1S/C19H20N2O2/c1-19(2)15-12-13(10-11-16(15)21(4)18(19)23)17(22)20(3)14-8-6-5-7-9-14/h5-12H,1-4H3. The number of amides is 2. The molecule has 0 N–H and O–H groups in total. The molecule has 118 valence electrons. The van der Waals surface area contributed by atoms with Crippen LogP contribution in [0.3, 0.4) is 0 Å². The Kier molecular flexibility index (Phi) is 3.48. The Morgan fingerprint density at radius 1 is 1.09 bits per heavy atom. The zero-order valence-corrected chi connectivity index (χ0v) is 13.8. The third kappa shape index (κ3) is 2.31. The van der Waals surface area contributed by atoms with Crippen molar-refractivity contribution in [2.24, 2.45) is 0 Å². The first-order valence-corrected chi connectivity index (χ1v) is 7.60. The molecular weight excluding hydrogens is 288 g/mol. The number of hydrogen-bond donors (Lipinski definition) is 0. The summed E-state index contributed by atoms with van der Waals surface area (Å²) in [6.45, 7) is 3.79. The van der Waals surface area contributed by atoms with E-state index < -0.39 is 5.41 Å². The first-order chi connectivity index (χ1) is 10.8. The van der Waals surface area contributed by atoms with Crippen molar-refractivity contribution in [2.75, 3.05) is 23.9 Å². The van der Waals surface area contributed by atoms with Gasteiger partial charge in [-0.05, 0) is 49.7 Å². The molecule has 0 bridgehead atoms. The van der Waals surface area contributed by atoms with Crippen molar-refractivity contribution < 1.29 is 9.59 Å². The van der Waals surface area contributed by atoms with E-state index in [1.165, 1.54) is 0 Å². The van der Waals surface area contributed by atoms with E-state index in [9.17, 15) is 9.59 Å². The van der Waals surface area contributed by atoms with E-state index in [4.69, 9.17) is 0 Å². The van der Waals surface area contributed by atoms with Crippen molar-refractivity contribution in [2.45, 2.75) is 19.3 Å². The molecule has 0 aliphatic carbocycles. The Labute approximate surface area is 136 Å². The van der Waals surface area contributed by atoms with Gasteiger partial charge in [0, 0.05) is 31.0 Å². The minimum atomic E-state index is -0.605. The smallest absolute Gasteiger partial charge is 0.258 e. The molecule has 23 heavy (non-hydrogen) atoms. The highest BCUT2D eigenvalue weighted by Crippen LogP contribution is 2.41. The van der Waals surface area contributed by atoms with Gasteiger partial charge in [-0.3, -0.25) is 9.59 Å². The minimum absolute atomic E-state index is 0.0495. The van der Waals surface area contributed by atoms with Gasteiger partial charge < -0.3 is 9.80 Å². The van der Waals surface area contributed by atoms with E-state index >= 15 is 0 Å². The van der Waals surface area contributed by atoms with Crippen molar-refractivity contribution in [3.8, 4) is 0 Å². The second-order valence-electron chi connectivity index (χ2n) is 6.42. The maximum absolute atomic E-state index is 12.7. The molecule has 0 aromatic heterocycles. The number of hydrogen-bond acceptors (Lipinski definition) is 2. The number of carbonyl (C=O) groups is 2. The second-order valence-corrected chi connectivity index (χ2v) is 6.42. The summed E-state index contributed by atoms with van der Waals surface area (Å²) in [5, 5.41) is 0. The molecule has 0 spiro atoms. The van der Waals surface area contributed by atoms with Gasteiger partial charge in [0.15, 0.2) is 0 Å². The summed E-state index contributed by atoms with van der Waals surface area (Å²) >= 11 is 0. The van der Waals surface area contributed by atoms with Gasteiger partial charge in [-0.1, -0.05) is 18.2 Å². The lowest BCUT2D eigenvalue weighted by atomic mass is 9.85. The molecule has 1 heterocycles. The van der Waals surface area contributed by atoms with E-state index in [1.807, 2.05) is 56.3 Å². The van der Waals surface area contributed by atoms with Crippen LogP contribution in [-0.2, 0) is 10.2 Å². The first-order valence-electron chi connectivity index (χ1n) is 7.60. The lowest BCUT2D eigenvalue weighted by Crippen LogP contribution is -2.33. The van der Waals surface area contributed by atoms with Gasteiger partial charge in [-0.15, -0.1) is 0 Å². The molecule has 1 aliphatic rings. The van der Waals surface area contributed by atoms with Crippen LogP contribution in [0.4, 0.5) is 11.4 Å². The Balaban J connectivity index is 1.99. The Bertz CT molecular complexity index is 781. The van der Waals surface area contributed by atoms with E-state index in [0.29, 0.717) is 5.56 Å². The highest BCUT2D eigenvalue weighted by Gasteiger charge is 2.42. The average Bonchev–Trinajstić information content (AvgIpc) is 2.75. The van der Waals surface area contributed by atoms with Gasteiger partial charge in [-0.25, -0.2) is 0 Å². The molecule has 4 nitrogen and oxygen atoms in total. The van der Waals surface area contributed by atoms with Crippen molar-refractivity contribution >= 4 is 23.2 Å². The van der Waals surface area contributed by atoms with Crippen LogP contribution in [-0.4, -0.2) is 25.9 Å². The van der Waals surface area contributed by atoms with Gasteiger partial charge in [0.1, 0.15) is 0 Å². The number of nitrogens with zero attached hydrogens (tertiary/aromatic N) is 2. The predicted octanol–water partition coefficient (Wildman–Crippen LogP) is 3.22. The molecule has 2 aromatic carbocycles. The summed E-state index contributed by atoms with van der Waals surface area (Å²) in [4.78, 5) is 28.4. The van der Waals surface area contributed by atoms with E-state index in [-0.39, 0.29) is 11.8 Å². The largest absolute Gasteiger partial charge is 0.314 e. The van der Waals surface area contributed by atoms with Crippen LogP contribution in [0.15, 0.2) is 48.5 Å². The van der Waals surface area contributed by atoms with Crippen LogP contribution in [0.25, 0.3) is 0 Å². The molecule has 0 radical (unpaired) electrons. The van der Waals surface area contributed by atoms with Crippen LogP contribution < -0.4 is 9.80 Å². The molecule has 0 unspecified atom stereocenters. The zero-order chi connectivity index (χ0) is 16.8. The normalized spacial score (nSPS) is 15.5. The molecule has 2 amide bonds. The zero-order valence-electron chi connectivity index (χ0n) is 13.8. The fourth-order valence-electron chi connectivity index (χ4n) is 3.07. The van der Waals surface area contributed by atoms with Gasteiger partial charge in [0.25, 0.3) is 5.91 Å². The number of para-hydroxylation sites is 1. The first kappa shape index (κ1) is 15.3. The number of carbonyl (C=O) groups excluding carboxylic acids is 2. The van der Waals surface area contributed by atoms with Crippen LogP contribution >= 0.6 is 0 Å². The number of likely N-dealkylation sites (N-methyl/N-ethyl adjacent to an activating group) is 1. The third-order valence-electron chi connectivity index (χ3n) is 4.57. The summed E-state index contributed by atoms with van der Waals surface area (Å²) in [5.74, 6) is -0.0367. The fraction of sp³-hybridized carbons (Fsp3) is 0.263. The Morgan fingerprint density at radius 3 is 2.39 bits per heavy atom. The molecular formula is C19H20N2O2. The van der Waals surface area contributed by atoms with Gasteiger partial charge >= 0.3 is 0 Å². The summed E-state index contributed by atoms with van der Waals surface area (Å²) < 4.78 is 0. The van der Waals surface area contributed by atoms with Gasteiger partial charge in [0.2, 0.25) is 5.91 Å². The van der Waals surface area contributed by atoms with Crippen molar-refractivity contribution in [1.29, 1.82) is 0 Å². The Hall–Kier alpha value is -2.62. The highest BCUT2D eigenvalue weighted by atomic mass is 16.2. The molecule has 0 saturated heterocycles. The summed E-state index contributed by atoms with van der Waals surface area (Å²) in [7, 11) is 3.53. The van der Waals surface area contributed by atoms with E-state index in [1.54, 1.807) is 30.0 Å². The highest BCUT2D eigenvalue weighted by molar-refractivity contribution is 6.10. The topological polar surface area (TPSA) is 40.6 Å². The molecule has 3 rings (SSSR count). The number of rotatable bonds is 2.